The summed E-state index contributed by atoms with van der Waals surface area (Å²) in [6.07, 6.45) is 0.913. The molecule has 0 unspecified atom stereocenters. The van der Waals surface area contributed by atoms with Crippen LogP contribution in [-0.4, -0.2) is 4.98 Å². The number of benzene rings is 2. The van der Waals surface area contributed by atoms with Crippen LogP contribution in [0.1, 0.15) is 39.0 Å². The Bertz CT molecular complexity index is 1080. The topological polar surface area (TPSA) is 16.8 Å². The Morgan fingerprint density at radius 3 is 1.70 bits per heavy atom. The zero-order chi connectivity index (χ0) is 21.1. The Morgan fingerprint density at radius 1 is 0.700 bits per heavy atom. The highest BCUT2D eigenvalue weighted by Gasteiger charge is 2.26. The third kappa shape index (κ3) is 4.04. The molecule has 2 nitrogen and oxygen atoms in total. The number of aromatic nitrogens is 2. The van der Waals surface area contributed by atoms with Crippen LogP contribution in [0.15, 0.2) is 91.0 Å². The SMILES string of the molecule is CCc1cccc(-[n+]2c(-c3ccccc3)cc(C(C)(C)C)cc2-c2ccccc2)n1. The molecule has 2 aromatic carbocycles. The van der Waals surface area contributed by atoms with Crippen molar-refractivity contribution in [3.8, 4) is 28.3 Å². The van der Waals surface area contributed by atoms with Gasteiger partial charge in [-0.25, -0.2) is 0 Å². The van der Waals surface area contributed by atoms with Crippen LogP contribution in [0.4, 0.5) is 0 Å². The van der Waals surface area contributed by atoms with Gasteiger partial charge in [0.25, 0.3) is 0 Å². The molecule has 150 valence electrons. The van der Waals surface area contributed by atoms with Crippen LogP contribution in [0, 0.1) is 0 Å². The average Bonchev–Trinajstić information content (AvgIpc) is 2.79. The molecule has 0 N–H and O–H groups in total. The van der Waals surface area contributed by atoms with Gasteiger partial charge in [0.1, 0.15) is 11.4 Å². The number of hydrogen-bond donors (Lipinski definition) is 0. The monoisotopic (exact) mass is 393 g/mol. The second-order valence-electron chi connectivity index (χ2n) is 8.67. The molecule has 2 aromatic heterocycles. The summed E-state index contributed by atoms with van der Waals surface area (Å²) >= 11 is 0. The molecule has 4 rings (SSSR count). The molecular weight excluding hydrogens is 364 g/mol. The van der Waals surface area contributed by atoms with E-state index in [1.54, 1.807) is 0 Å². The van der Waals surface area contributed by atoms with Gasteiger partial charge in [-0.15, -0.1) is 0 Å². The molecule has 30 heavy (non-hydrogen) atoms. The van der Waals surface area contributed by atoms with Crippen molar-refractivity contribution in [2.24, 2.45) is 0 Å². The first-order valence-electron chi connectivity index (χ1n) is 10.6. The summed E-state index contributed by atoms with van der Waals surface area (Å²) < 4.78 is 2.30. The van der Waals surface area contributed by atoms with Gasteiger partial charge in [0.15, 0.2) is 5.69 Å². The summed E-state index contributed by atoms with van der Waals surface area (Å²) in [7, 11) is 0. The van der Waals surface area contributed by atoms with Crippen LogP contribution in [-0.2, 0) is 11.8 Å². The molecule has 0 fully saturated rings. The molecule has 0 radical (unpaired) electrons. The fourth-order valence-corrected chi connectivity index (χ4v) is 3.71. The Hall–Kier alpha value is -3.26. The Labute approximate surface area is 179 Å². The van der Waals surface area contributed by atoms with Crippen LogP contribution < -0.4 is 4.57 Å². The first-order valence-corrected chi connectivity index (χ1v) is 10.6. The van der Waals surface area contributed by atoms with E-state index in [1.807, 2.05) is 0 Å². The number of pyridine rings is 2. The van der Waals surface area contributed by atoms with E-state index in [-0.39, 0.29) is 5.41 Å². The summed E-state index contributed by atoms with van der Waals surface area (Å²) in [6, 6.07) is 32.2. The van der Waals surface area contributed by atoms with E-state index in [9.17, 15) is 0 Å². The molecule has 0 saturated heterocycles. The van der Waals surface area contributed by atoms with E-state index in [4.69, 9.17) is 4.98 Å². The van der Waals surface area contributed by atoms with Gasteiger partial charge < -0.3 is 0 Å². The minimum absolute atomic E-state index is 0.0326. The largest absolute Gasteiger partial charge is 0.328 e. The number of nitrogens with zero attached hydrogens (tertiary/aromatic N) is 2. The third-order valence-electron chi connectivity index (χ3n) is 5.45. The first kappa shape index (κ1) is 20.0. The maximum absolute atomic E-state index is 4.99. The average molecular weight is 394 g/mol. The molecule has 0 amide bonds. The molecule has 0 spiro atoms. The van der Waals surface area contributed by atoms with Crippen molar-refractivity contribution >= 4 is 0 Å². The van der Waals surface area contributed by atoms with E-state index in [0.717, 1.165) is 29.3 Å². The fraction of sp³-hybridized carbons (Fsp3) is 0.214. The van der Waals surface area contributed by atoms with Gasteiger partial charge in [0.2, 0.25) is 0 Å². The molecule has 4 aromatic rings. The van der Waals surface area contributed by atoms with E-state index >= 15 is 0 Å². The predicted octanol–water partition coefficient (Wildman–Crippen LogP) is 6.55. The predicted molar refractivity (Wildman–Crippen MR) is 125 cm³/mol. The Balaban J connectivity index is 2.11. The lowest BCUT2D eigenvalue weighted by Crippen LogP contribution is -2.38. The van der Waals surface area contributed by atoms with Crippen molar-refractivity contribution in [3.05, 3.63) is 102 Å². The van der Waals surface area contributed by atoms with Crippen LogP contribution in [0.5, 0.6) is 0 Å². The number of hydrogen-bond acceptors (Lipinski definition) is 1. The van der Waals surface area contributed by atoms with E-state index < -0.39 is 0 Å². The van der Waals surface area contributed by atoms with Crippen molar-refractivity contribution < 1.29 is 4.57 Å². The normalized spacial score (nSPS) is 11.5. The summed E-state index contributed by atoms with van der Waals surface area (Å²) in [5, 5.41) is 0. The standard InChI is InChI=1S/C28H29N2/c1-5-24-17-12-18-27(29-24)30-25(21-13-8-6-9-14-21)19-23(28(2,3)4)20-26(30)22-15-10-7-11-16-22/h6-20H,5H2,1-4H3/q+1. The second kappa shape index (κ2) is 8.23. The van der Waals surface area contributed by atoms with E-state index in [1.165, 1.54) is 16.7 Å². The molecule has 0 aliphatic rings. The lowest BCUT2D eigenvalue weighted by molar-refractivity contribution is -0.576. The van der Waals surface area contributed by atoms with Crippen molar-refractivity contribution in [2.45, 2.75) is 39.5 Å². The Kier molecular flexibility index (Phi) is 5.50. The van der Waals surface area contributed by atoms with Gasteiger partial charge in [0.05, 0.1) is 0 Å². The number of aryl methyl sites for hydroxylation is 1. The van der Waals surface area contributed by atoms with Gasteiger partial charge >= 0.3 is 5.82 Å². The maximum Gasteiger partial charge on any atom is 0.328 e. The second-order valence-corrected chi connectivity index (χ2v) is 8.67. The maximum atomic E-state index is 4.99. The van der Waals surface area contributed by atoms with Crippen molar-refractivity contribution in [1.29, 1.82) is 0 Å². The van der Waals surface area contributed by atoms with Crippen LogP contribution >= 0.6 is 0 Å². The summed E-state index contributed by atoms with van der Waals surface area (Å²) in [5.41, 5.74) is 7.12. The molecule has 2 heteroatoms. The highest BCUT2D eigenvalue weighted by atomic mass is 15.1. The van der Waals surface area contributed by atoms with Crippen LogP contribution in [0.2, 0.25) is 0 Å². The van der Waals surface area contributed by atoms with Crippen molar-refractivity contribution in [1.82, 2.24) is 4.98 Å². The van der Waals surface area contributed by atoms with Crippen molar-refractivity contribution in [3.63, 3.8) is 0 Å². The third-order valence-corrected chi connectivity index (χ3v) is 5.45. The zero-order valence-corrected chi connectivity index (χ0v) is 18.3. The first-order chi connectivity index (χ1) is 14.5. The highest BCUT2D eigenvalue weighted by molar-refractivity contribution is 5.64. The lowest BCUT2D eigenvalue weighted by atomic mass is 9.85. The summed E-state index contributed by atoms with van der Waals surface area (Å²) in [5.74, 6) is 0.951. The van der Waals surface area contributed by atoms with Crippen LogP contribution in [0.3, 0.4) is 0 Å². The molecule has 2 heterocycles. The smallest absolute Gasteiger partial charge is 0.189 e. The molecule has 0 atom stereocenters. The molecule has 0 bridgehead atoms. The summed E-state index contributed by atoms with van der Waals surface area (Å²) in [4.78, 5) is 4.99. The van der Waals surface area contributed by atoms with Gasteiger partial charge in [0, 0.05) is 23.6 Å². The van der Waals surface area contributed by atoms with Gasteiger partial charge in [-0.2, -0.15) is 4.57 Å². The minimum atomic E-state index is 0.0326. The zero-order valence-electron chi connectivity index (χ0n) is 18.3. The number of rotatable bonds is 4. The molecule has 0 aliphatic heterocycles. The summed E-state index contributed by atoms with van der Waals surface area (Å²) in [6.45, 7) is 8.96. The lowest BCUT2D eigenvalue weighted by Gasteiger charge is -2.22. The molecular formula is C28H29N2+. The van der Waals surface area contributed by atoms with Crippen LogP contribution in [0.25, 0.3) is 28.3 Å². The van der Waals surface area contributed by atoms with Gasteiger partial charge in [-0.05, 0) is 40.2 Å². The van der Waals surface area contributed by atoms with Gasteiger partial charge in [-0.3, -0.25) is 0 Å². The van der Waals surface area contributed by atoms with Gasteiger partial charge in [-0.1, -0.05) is 88.4 Å². The molecule has 0 saturated carbocycles. The Morgan fingerprint density at radius 2 is 1.23 bits per heavy atom. The molecule has 0 aliphatic carbocycles. The van der Waals surface area contributed by atoms with E-state index in [2.05, 4.69) is 123 Å². The van der Waals surface area contributed by atoms with E-state index in [0.29, 0.717) is 0 Å². The minimum Gasteiger partial charge on any atom is -0.189 e. The quantitative estimate of drug-likeness (QED) is 0.359. The fourth-order valence-electron chi connectivity index (χ4n) is 3.71. The highest BCUT2D eigenvalue weighted by Crippen LogP contribution is 2.31. The van der Waals surface area contributed by atoms with Crippen molar-refractivity contribution in [2.75, 3.05) is 0 Å².